The third-order valence-corrected chi connectivity index (χ3v) is 4.86. The van der Waals surface area contributed by atoms with E-state index < -0.39 is 0 Å². The molecule has 0 aromatic heterocycles. The topological polar surface area (TPSA) is 52.6 Å². The van der Waals surface area contributed by atoms with E-state index in [0.29, 0.717) is 13.2 Å². The Balaban J connectivity index is 2.34. The second kappa shape index (κ2) is 13.3. The van der Waals surface area contributed by atoms with Gasteiger partial charge in [-0.15, -0.1) is 0 Å². The third-order valence-electron chi connectivity index (χ3n) is 4.86. The Morgan fingerprint density at radius 3 is 1.50 bits per heavy atom. The van der Waals surface area contributed by atoms with E-state index in [1.807, 2.05) is 0 Å². The molecule has 0 spiro atoms. The SMILES string of the molecule is CCCCCCOC(=O)C1CCCCC1C(=O)OCCCCCC. The Morgan fingerprint density at radius 2 is 1.12 bits per heavy atom. The van der Waals surface area contributed by atoms with Gasteiger partial charge in [0.2, 0.25) is 0 Å². The molecule has 0 heterocycles. The van der Waals surface area contributed by atoms with Gasteiger partial charge < -0.3 is 9.47 Å². The zero-order valence-electron chi connectivity index (χ0n) is 15.7. The smallest absolute Gasteiger partial charge is 0.309 e. The van der Waals surface area contributed by atoms with Crippen LogP contribution in [0.2, 0.25) is 0 Å². The average molecular weight is 341 g/mol. The molecule has 0 bridgehead atoms. The molecule has 4 heteroatoms. The Labute approximate surface area is 147 Å². The van der Waals surface area contributed by atoms with Crippen molar-refractivity contribution in [2.45, 2.75) is 90.9 Å². The maximum absolute atomic E-state index is 12.3. The van der Waals surface area contributed by atoms with Crippen LogP contribution in [0.15, 0.2) is 0 Å². The summed E-state index contributed by atoms with van der Waals surface area (Å²) in [4.78, 5) is 24.7. The minimum atomic E-state index is -0.298. The molecule has 0 N–H and O–H groups in total. The maximum Gasteiger partial charge on any atom is 0.309 e. The highest BCUT2D eigenvalue weighted by Crippen LogP contribution is 2.32. The Bertz CT molecular complexity index is 320. The first kappa shape index (κ1) is 21.0. The van der Waals surface area contributed by atoms with Gasteiger partial charge in [0.05, 0.1) is 25.0 Å². The number of hydrogen-bond donors (Lipinski definition) is 0. The maximum atomic E-state index is 12.3. The summed E-state index contributed by atoms with van der Waals surface area (Å²) in [6.07, 6.45) is 12.2. The largest absolute Gasteiger partial charge is 0.465 e. The fraction of sp³-hybridized carbons (Fsp3) is 0.900. The van der Waals surface area contributed by atoms with Crippen molar-refractivity contribution in [1.29, 1.82) is 0 Å². The quantitative estimate of drug-likeness (QED) is 0.369. The van der Waals surface area contributed by atoms with Gasteiger partial charge in [0.25, 0.3) is 0 Å². The summed E-state index contributed by atoms with van der Waals surface area (Å²) in [5.41, 5.74) is 0. The summed E-state index contributed by atoms with van der Waals surface area (Å²) in [6, 6.07) is 0. The van der Waals surface area contributed by atoms with Crippen molar-refractivity contribution < 1.29 is 19.1 Å². The first-order valence-corrected chi connectivity index (χ1v) is 10.0. The van der Waals surface area contributed by atoms with Gasteiger partial charge >= 0.3 is 11.9 Å². The predicted octanol–water partition coefficient (Wildman–Crippen LogP) is 5.04. The summed E-state index contributed by atoms with van der Waals surface area (Å²) in [5, 5.41) is 0. The molecule has 2 unspecified atom stereocenters. The van der Waals surface area contributed by atoms with Crippen molar-refractivity contribution in [2.75, 3.05) is 13.2 Å². The zero-order valence-corrected chi connectivity index (χ0v) is 15.7. The van der Waals surface area contributed by atoms with Gasteiger partial charge in [0, 0.05) is 0 Å². The van der Waals surface area contributed by atoms with E-state index in [0.717, 1.165) is 51.4 Å². The molecule has 0 amide bonds. The molecule has 1 aliphatic carbocycles. The lowest BCUT2D eigenvalue weighted by Gasteiger charge is -2.28. The third kappa shape index (κ3) is 8.16. The molecule has 0 aromatic carbocycles. The number of ether oxygens (including phenoxy) is 2. The Hall–Kier alpha value is -1.06. The van der Waals surface area contributed by atoms with Crippen molar-refractivity contribution in [1.82, 2.24) is 0 Å². The van der Waals surface area contributed by atoms with Crippen LogP contribution in [0.4, 0.5) is 0 Å². The lowest BCUT2D eigenvalue weighted by molar-refractivity contribution is -0.163. The van der Waals surface area contributed by atoms with Crippen molar-refractivity contribution >= 4 is 11.9 Å². The van der Waals surface area contributed by atoms with Gasteiger partial charge in [-0.25, -0.2) is 0 Å². The van der Waals surface area contributed by atoms with Crippen LogP contribution in [0, 0.1) is 11.8 Å². The standard InChI is InChI=1S/C20H36O4/c1-3-5-7-11-15-23-19(21)17-13-9-10-14-18(17)20(22)24-16-12-8-6-4-2/h17-18H,3-16H2,1-2H3. The van der Waals surface area contributed by atoms with Gasteiger partial charge in [-0.1, -0.05) is 65.2 Å². The summed E-state index contributed by atoms with van der Waals surface area (Å²) < 4.78 is 10.8. The molecule has 1 rings (SSSR count). The Kier molecular flexibility index (Phi) is 11.6. The fourth-order valence-electron chi connectivity index (χ4n) is 3.31. The van der Waals surface area contributed by atoms with Crippen molar-refractivity contribution in [3.05, 3.63) is 0 Å². The number of esters is 2. The molecule has 0 aliphatic heterocycles. The highest BCUT2D eigenvalue weighted by molar-refractivity contribution is 5.82. The van der Waals surface area contributed by atoms with Crippen LogP contribution in [0.3, 0.4) is 0 Å². The van der Waals surface area contributed by atoms with Crippen molar-refractivity contribution in [3.63, 3.8) is 0 Å². The van der Waals surface area contributed by atoms with Crippen LogP contribution in [0.25, 0.3) is 0 Å². The molecular formula is C20H36O4. The fourth-order valence-corrected chi connectivity index (χ4v) is 3.31. The van der Waals surface area contributed by atoms with Crippen LogP contribution in [-0.4, -0.2) is 25.2 Å². The van der Waals surface area contributed by atoms with Crippen LogP contribution in [0.1, 0.15) is 90.9 Å². The van der Waals surface area contributed by atoms with E-state index in [1.165, 1.54) is 25.7 Å². The summed E-state index contributed by atoms with van der Waals surface area (Å²) >= 11 is 0. The van der Waals surface area contributed by atoms with Crippen LogP contribution >= 0.6 is 0 Å². The molecule has 140 valence electrons. The van der Waals surface area contributed by atoms with Crippen LogP contribution < -0.4 is 0 Å². The van der Waals surface area contributed by atoms with Crippen LogP contribution in [-0.2, 0) is 19.1 Å². The Morgan fingerprint density at radius 1 is 0.708 bits per heavy atom. The first-order chi connectivity index (χ1) is 11.7. The van der Waals surface area contributed by atoms with Gasteiger partial charge in [0.15, 0.2) is 0 Å². The van der Waals surface area contributed by atoms with E-state index in [-0.39, 0.29) is 23.8 Å². The number of unbranched alkanes of at least 4 members (excludes halogenated alkanes) is 6. The van der Waals surface area contributed by atoms with Gasteiger partial charge in [0.1, 0.15) is 0 Å². The van der Waals surface area contributed by atoms with Gasteiger partial charge in [-0.3, -0.25) is 9.59 Å². The number of carbonyl (C=O) groups excluding carboxylic acids is 2. The van der Waals surface area contributed by atoms with E-state index in [1.54, 1.807) is 0 Å². The number of carbonyl (C=O) groups is 2. The lowest BCUT2D eigenvalue weighted by atomic mass is 9.79. The molecule has 24 heavy (non-hydrogen) atoms. The molecule has 0 aromatic rings. The van der Waals surface area contributed by atoms with Crippen LogP contribution in [0.5, 0.6) is 0 Å². The molecular weight excluding hydrogens is 304 g/mol. The molecule has 1 saturated carbocycles. The molecule has 0 saturated heterocycles. The van der Waals surface area contributed by atoms with E-state index >= 15 is 0 Å². The molecule has 2 atom stereocenters. The number of hydrogen-bond acceptors (Lipinski definition) is 4. The zero-order chi connectivity index (χ0) is 17.6. The summed E-state index contributed by atoms with van der Waals surface area (Å²) in [5.74, 6) is -0.987. The molecule has 1 aliphatic rings. The minimum absolute atomic E-state index is 0.195. The predicted molar refractivity (Wildman–Crippen MR) is 95.7 cm³/mol. The second-order valence-electron chi connectivity index (χ2n) is 6.95. The highest BCUT2D eigenvalue weighted by Gasteiger charge is 2.37. The van der Waals surface area contributed by atoms with Gasteiger partial charge in [-0.2, -0.15) is 0 Å². The van der Waals surface area contributed by atoms with Gasteiger partial charge in [-0.05, 0) is 25.7 Å². The van der Waals surface area contributed by atoms with E-state index in [2.05, 4.69) is 13.8 Å². The molecule has 4 nitrogen and oxygen atoms in total. The van der Waals surface area contributed by atoms with Crippen molar-refractivity contribution in [3.8, 4) is 0 Å². The second-order valence-corrected chi connectivity index (χ2v) is 6.95. The monoisotopic (exact) mass is 340 g/mol. The lowest BCUT2D eigenvalue weighted by Crippen LogP contribution is -2.35. The van der Waals surface area contributed by atoms with Crippen molar-refractivity contribution in [2.24, 2.45) is 11.8 Å². The molecule has 1 fully saturated rings. The summed E-state index contributed by atoms with van der Waals surface area (Å²) in [7, 11) is 0. The number of rotatable bonds is 12. The average Bonchev–Trinajstić information content (AvgIpc) is 2.61. The van der Waals surface area contributed by atoms with E-state index in [9.17, 15) is 9.59 Å². The normalized spacial score (nSPS) is 20.6. The minimum Gasteiger partial charge on any atom is -0.465 e. The first-order valence-electron chi connectivity index (χ1n) is 10.0. The summed E-state index contributed by atoms with van der Waals surface area (Å²) in [6.45, 7) is 5.28. The van der Waals surface area contributed by atoms with E-state index in [4.69, 9.17) is 9.47 Å². The molecule has 0 radical (unpaired) electrons. The highest BCUT2D eigenvalue weighted by atomic mass is 16.5.